The maximum absolute atomic E-state index is 5.66. The number of hydrogen-bond acceptors (Lipinski definition) is 5. The van der Waals surface area contributed by atoms with Crippen molar-refractivity contribution in [3.05, 3.63) is 41.5 Å². The van der Waals surface area contributed by atoms with Crippen LogP contribution in [-0.4, -0.2) is 29.3 Å². The van der Waals surface area contributed by atoms with Gasteiger partial charge < -0.3 is 14.6 Å². The number of ether oxygens (including phenoxy) is 1. The maximum atomic E-state index is 5.66. The lowest BCUT2D eigenvalue weighted by Crippen LogP contribution is -2.19. The van der Waals surface area contributed by atoms with E-state index in [0.29, 0.717) is 18.5 Å². The largest absolute Gasteiger partial charge is 0.492 e. The van der Waals surface area contributed by atoms with E-state index in [1.807, 2.05) is 18.2 Å². The van der Waals surface area contributed by atoms with Gasteiger partial charge in [0.05, 0.1) is 5.92 Å². The minimum absolute atomic E-state index is 0.0973. The Morgan fingerprint density at radius 1 is 1.25 bits per heavy atom. The van der Waals surface area contributed by atoms with Gasteiger partial charge in [-0.05, 0) is 18.9 Å². The van der Waals surface area contributed by atoms with Crippen LogP contribution in [0.25, 0.3) is 0 Å². The molecule has 1 aromatic carbocycles. The third-order valence-corrected chi connectivity index (χ3v) is 3.84. The molecular weight excluding hydrogens is 254 g/mol. The summed E-state index contributed by atoms with van der Waals surface area (Å²) in [7, 11) is 0. The molecule has 0 amide bonds. The van der Waals surface area contributed by atoms with Crippen LogP contribution in [0.3, 0.4) is 0 Å². The van der Waals surface area contributed by atoms with Crippen LogP contribution in [0.5, 0.6) is 5.75 Å². The van der Waals surface area contributed by atoms with E-state index in [0.717, 1.165) is 30.1 Å². The third-order valence-electron chi connectivity index (χ3n) is 3.84. The summed E-state index contributed by atoms with van der Waals surface area (Å²) in [5.74, 6) is 2.47. The Hall–Kier alpha value is -1.88. The first-order valence-electron chi connectivity index (χ1n) is 7.18. The van der Waals surface area contributed by atoms with Crippen LogP contribution in [0.15, 0.2) is 28.8 Å². The first-order valence-corrected chi connectivity index (χ1v) is 7.18. The first kappa shape index (κ1) is 11.9. The zero-order chi connectivity index (χ0) is 13.4. The summed E-state index contributed by atoms with van der Waals surface area (Å²) in [5, 5.41) is 7.56. The fraction of sp³-hybridized carbons (Fsp3) is 0.467. The molecule has 1 atom stereocenters. The van der Waals surface area contributed by atoms with Crippen molar-refractivity contribution in [1.29, 1.82) is 0 Å². The lowest BCUT2D eigenvalue weighted by Gasteiger charge is -2.01. The molecule has 4 rings (SSSR count). The molecule has 20 heavy (non-hydrogen) atoms. The van der Waals surface area contributed by atoms with Crippen LogP contribution in [-0.2, 0) is 6.42 Å². The van der Waals surface area contributed by atoms with Crippen LogP contribution in [0.2, 0.25) is 0 Å². The second-order valence-electron chi connectivity index (χ2n) is 5.43. The molecule has 1 fully saturated rings. The Balaban J connectivity index is 1.45. The summed E-state index contributed by atoms with van der Waals surface area (Å²) in [4.78, 5) is 4.51. The second-order valence-corrected chi connectivity index (χ2v) is 5.43. The van der Waals surface area contributed by atoms with Crippen LogP contribution in [0.1, 0.15) is 36.0 Å². The highest BCUT2D eigenvalue weighted by Gasteiger charge is 2.29. The quantitative estimate of drug-likeness (QED) is 0.900. The topological polar surface area (TPSA) is 60.2 Å². The van der Waals surface area contributed by atoms with Crippen LogP contribution < -0.4 is 10.1 Å². The molecule has 2 aromatic rings. The fourth-order valence-corrected chi connectivity index (χ4v) is 2.56. The van der Waals surface area contributed by atoms with Gasteiger partial charge in [0.25, 0.3) is 0 Å². The Morgan fingerprint density at radius 2 is 2.15 bits per heavy atom. The summed E-state index contributed by atoms with van der Waals surface area (Å²) in [6.45, 7) is 1.50. The molecule has 2 aliphatic rings. The van der Waals surface area contributed by atoms with E-state index < -0.39 is 0 Å². The fourth-order valence-electron chi connectivity index (χ4n) is 2.56. The van der Waals surface area contributed by atoms with Gasteiger partial charge in [0.15, 0.2) is 5.82 Å². The molecule has 1 N–H and O–H groups in total. The van der Waals surface area contributed by atoms with Gasteiger partial charge in [-0.3, -0.25) is 0 Å². The van der Waals surface area contributed by atoms with E-state index in [2.05, 4.69) is 21.5 Å². The monoisotopic (exact) mass is 271 g/mol. The molecule has 2 heterocycles. The number of aromatic nitrogens is 2. The van der Waals surface area contributed by atoms with Crippen molar-refractivity contribution in [2.75, 3.05) is 13.2 Å². The second kappa shape index (κ2) is 4.90. The van der Waals surface area contributed by atoms with Crippen molar-refractivity contribution in [2.45, 2.75) is 31.2 Å². The molecule has 0 bridgehead atoms. The number of hydrogen-bond donors (Lipinski definition) is 1. The lowest BCUT2D eigenvalue weighted by atomic mass is 10.0. The highest BCUT2D eigenvalue weighted by Crippen LogP contribution is 2.36. The lowest BCUT2D eigenvalue weighted by molar-refractivity contribution is 0.331. The molecule has 0 radical (unpaired) electrons. The van der Waals surface area contributed by atoms with E-state index >= 15 is 0 Å². The summed E-state index contributed by atoms with van der Waals surface area (Å²) >= 11 is 0. The van der Waals surface area contributed by atoms with Gasteiger partial charge >= 0.3 is 0 Å². The van der Waals surface area contributed by atoms with Crippen molar-refractivity contribution in [2.24, 2.45) is 0 Å². The minimum atomic E-state index is 0.0973. The molecule has 1 saturated carbocycles. The maximum Gasteiger partial charge on any atom is 0.227 e. The Kier molecular flexibility index (Phi) is 2.92. The van der Waals surface area contributed by atoms with Crippen LogP contribution in [0.4, 0.5) is 0 Å². The van der Waals surface area contributed by atoms with Gasteiger partial charge in [-0.2, -0.15) is 4.98 Å². The molecule has 1 unspecified atom stereocenters. The molecule has 1 aromatic heterocycles. The molecule has 5 nitrogen and oxygen atoms in total. The Labute approximate surface area is 117 Å². The normalized spacial score (nSPS) is 20.7. The van der Waals surface area contributed by atoms with Crippen LogP contribution >= 0.6 is 0 Å². The van der Waals surface area contributed by atoms with Crippen molar-refractivity contribution in [3.63, 3.8) is 0 Å². The van der Waals surface area contributed by atoms with Crippen molar-refractivity contribution < 1.29 is 9.26 Å². The van der Waals surface area contributed by atoms with E-state index in [-0.39, 0.29) is 5.92 Å². The number of nitrogens with zero attached hydrogens (tertiary/aromatic N) is 2. The molecule has 0 saturated heterocycles. The summed E-state index contributed by atoms with van der Waals surface area (Å²) in [5.41, 5.74) is 1.15. The van der Waals surface area contributed by atoms with Crippen molar-refractivity contribution >= 4 is 0 Å². The smallest absolute Gasteiger partial charge is 0.227 e. The van der Waals surface area contributed by atoms with E-state index in [4.69, 9.17) is 9.26 Å². The molecule has 1 aliphatic carbocycles. The number of nitrogens with one attached hydrogen (secondary N) is 1. The van der Waals surface area contributed by atoms with Gasteiger partial charge in [-0.15, -0.1) is 0 Å². The molecule has 5 heteroatoms. The van der Waals surface area contributed by atoms with Gasteiger partial charge in [-0.25, -0.2) is 0 Å². The average molecular weight is 271 g/mol. The predicted octanol–water partition coefficient (Wildman–Crippen LogP) is 1.89. The van der Waals surface area contributed by atoms with Gasteiger partial charge in [0.1, 0.15) is 12.4 Å². The minimum Gasteiger partial charge on any atom is -0.492 e. The number of fused-ring (bicyclic) bond motifs is 1. The van der Waals surface area contributed by atoms with Gasteiger partial charge in [-0.1, -0.05) is 23.4 Å². The third kappa shape index (κ3) is 2.29. The van der Waals surface area contributed by atoms with E-state index in [1.165, 1.54) is 12.8 Å². The standard InChI is InChI=1S/C15H17N3O2/c1-2-4-13-11(3-1)12(9-19-13)15-17-14(20-18-15)7-8-16-10-5-6-10/h1-4,10,12,16H,5-9H2. The average Bonchev–Trinajstić information content (AvgIpc) is 3.01. The predicted molar refractivity (Wildman–Crippen MR) is 72.8 cm³/mol. The molecule has 1 aliphatic heterocycles. The number of benzene rings is 1. The summed E-state index contributed by atoms with van der Waals surface area (Å²) in [6.07, 6.45) is 3.38. The highest BCUT2D eigenvalue weighted by atomic mass is 16.5. The Bertz CT molecular complexity index is 607. The molecule has 104 valence electrons. The zero-order valence-electron chi connectivity index (χ0n) is 11.2. The van der Waals surface area contributed by atoms with E-state index in [1.54, 1.807) is 0 Å². The first-order chi connectivity index (χ1) is 9.90. The molecule has 0 spiro atoms. The van der Waals surface area contributed by atoms with Gasteiger partial charge in [0.2, 0.25) is 5.89 Å². The van der Waals surface area contributed by atoms with E-state index in [9.17, 15) is 0 Å². The SMILES string of the molecule is c1ccc2c(c1)OCC2c1noc(CCNC2CC2)n1. The summed E-state index contributed by atoms with van der Waals surface area (Å²) < 4.78 is 11.0. The van der Waals surface area contributed by atoms with Crippen molar-refractivity contribution in [3.8, 4) is 5.75 Å². The number of rotatable bonds is 5. The zero-order valence-corrected chi connectivity index (χ0v) is 11.2. The molecular formula is C15H17N3O2. The number of para-hydroxylation sites is 1. The van der Waals surface area contributed by atoms with Crippen LogP contribution in [0, 0.1) is 0 Å². The van der Waals surface area contributed by atoms with Gasteiger partial charge in [0, 0.05) is 24.6 Å². The summed E-state index contributed by atoms with van der Waals surface area (Å²) in [6, 6.07) is 8.76. The Morgan fingerprint density at radius 3 is 3.05 bits per heavy atom. The van der Waals surface area contributed by atoms with Crippen molar-refractivity contribution in [1.82, 2.24) is 15.5 Å². The highest BCUT2D eigenvalue weighted by molar-refractivity contribution is 5.42.